The molecule has 0 aliphatic carbocycles. The molecule has 1 aromatic carbocycles. The molecule has 0 fully saturated rings. The Morgan fingerprint density at radius 3 is 2.58 bits per heavy atom. The van der Waals surface area contributed by atoms with Crippen LogP contribution in [-0.4, -0.2) is 9.04 Å². The summed E-state index contributed by atoms with van der Waals surface area (Å²) in [6.45, 7) is 6.25. The highest BCUT2D eigenvalue weighted by atomic mass is 28.3. The zero-order valence-electron chi connectivity index (χ0n) is 8.72. The summed E-state index contributed by atoms with van der Waals surface area (Å²) in [6.07, 6.45) is 0. The second-order valence-corrected chi connectivity index (χ2v) is 4.95. The van der Waals surface area contributed by atoms with Crippen molar-refractivity contribution in [3.63, 3.8) is 0 Å². The fourth-order valence-electron chi connectivity index (χ4n) is 0.844. The van der Waals surface area contributed by atoms with Gasteiger partial charge in [0, 0.05) is 0 Å². The van der Waals surface area contributed by atoms with E-state index in [1.807, 2.05) is 18.2 Å². The highest BCUT2D eigenvalue weighted by molar-refractivity contribution is 6.48. The third kappa shape index (κ3) is 2.68. The van der Waals surface area contributed by atoms with E-state index in [0.717, 1.165) is 5.69 Å². The van der Waals surface area contributed by atoms with Gasteiger partial charge in [0.15, 0.2) is 0 Å². The lowest BCUT2D eigenvalue weighted by molar-refractivity contribution is 0.419. The van der Waals surface area contributed by atoms with Crippen molar-refractivity contribution in [3.05, 3.63) is 29.8 Å². The number of nitrogens with one attached hydrogen (secondary N) is 1. The smallest absolute Gasteiger partial charge is 0.323 e. The first-order valence-electron chi connectivity index (χ1n) is 3.99. The lowest BCUT2D eigenvalue weighted by Crippen LogP contribution is -2.13. The van der Waals surface area contributed by atoms with Crippen molar-refractivity contribution in [2.45, 2.75) is 20.0 Å². The van der Waals surface area contributed by atoms with Gasteiger partial charge in [0.1, 0.15) is 0 Å². The molecule has 0 spiro atoms. The average molecular weight is 181 g/mol. The van der Waals surface area contributed by atoms with Crippen LogP contribution in [0, 0.1) is 6.92 Å². The van der Waals surface area contributed by atoms with Gasteiger partial charge in [-0.05, 0) is 31.6 Å². The summed E-state index contributed by atoms with van der Waals surface area (Å²) in [5.41, 5.74) is 5.23. The van der Waals surface area contributed by atoms with Gasteiger partial charge in [0.25, 0.3) is 0 Å². The second-order valence-electron chi connectivity index (χ2n) is 2.93. The Morgan fingerprint density at radius 2 is 2.00 bits per heavy atom. The van der Waals surface area contributed by atoms with Crippen molar-refractivity contribution < 1.29 is 5.95 Å². The van der Waals surface area contributed by atoms with Crippen molar-refractivity contribution in [2.75, 3.05) is 5.48 Å². The molecule has 12 heavy (non-hydrogen) atoms. The van der Waals surface area contributed by atoms with E-state index in [0.29, 0.717) is 0 Å². The summed E-state index contributed by atoms with van der Waals surface area (Å²) in [6, 6.07) is 8.09. The normalized spacial score (nSPS) is 10.3. The minimum Gasteiger partial charge on any atom is -0.323 e. The summed E-state index contributed by atoms with van der Waals surface area (Å²) in [5, 5.41) is 0. The Labute approximate surface area is 76.7 Å². The molecule has 1 rings (SSSR count). The number of rotatable bonds is 3. The Morgan fingerprint density at radius 1 is 1.33 bits per heavy atom. The molecule has 0 bridgehead atoms. The van der Waals surface area contributed by atoms with E-state index in [1.54, 1.807) is 0 Å². The van der Waals surface area contributed by atoms with E-state index < -0.39 is 9.04 Å². The minimum atomic E-state index is -0.660. The zero-order valence-corrected chi connectivity index (χ0v) is 8.72. The molecule has 0 unspecified atom stereocenters. The predicted molar refractivity (Wildman–Crippen MR) is 54.5 cm³/mol. The van der Waals surface area contributed by atoms with Crippen LogP contribution in [0.3, 0.4) is 0 Å². The van der Waals surface area contributed by atoms with E-state index in [1.165, 1.54) is 5.56 Å². The van der Waals surface area contributed by atoms with Gasteiger partial charge in [-0.1, -0.05) is 18.2 Å². The van der Waals surface area contributed by atoms with Gasteiger partial charge in [0.05, 0.1) is 5.69 Å². The first-order chi connectivity index (χ1) is 5.70. The van der Waals surface area contributed by atoms with Crippen LogP contribution in [0.25, 0.3) is 0 Å². The SMILES string of the molecule is Cc1ccccc1NO[Si](C)C.[H+]. The molecule has 1 N–H and O–H groups in total. The molecule has 3 heteroatoms. The van der Waals surface area contributed by atoms with Gasteiger partial charge in [-0.2, -0.15) is 0 Å². The molecule has 0 aliphatic heterocycles. The van der Waals surface area contributed by atoms with Crippen molar-refractivity contribution in [1.29, 1.82) is 0 Å². The molecule has 0 amide bonds. The summed E-state index contributed by atoms with van der Waals surface area (Å²) < 4.78 is 5.36. The summed E-state index contributed by atoms with van der Waals surface area (Å²) >= 11 is 0. The fraction of sp³-hybridized carbons (Fsp3) is 0.333. The van der Waals surface area contributed by atoms with E-state index in [-0.39, 0.29) is 1.43 Å². The van der Waals surface area contributed by atoms with Gasteiger partial charge in [-0.3, -0.25) is 5.48 Å². The summed E-state index contributed by atoms with van der Waals surface area (Å²) in [5.74, 6) is 0. The van der Waals surface area contributed by atoms with Gasteiger partial charge in [-0.25, -0.2) is 0 Å². The quantitative estimate of drug-likeness (QED) is 0.572. The van der Waals surface area contributed by atoms with E-state index >= 15 is 0 Å². The summed E-state index contributed by atoms with van der Waals surface area (Å²) in [7, 11) is -0.660. The fourth-order valence-corrected chi connectivity index (χ4v) is 1.16. The molecular formula is C9H15NOSi+. The lowest BCUT2D eigenvalue weighted by Gasteiger charge is -2.10. The molecule has 1 radical (unpaired) electrons. The molecule has 65 valence electrons. The second kappa shape index (κ2) is 4.28. The van der Waals surface area contributed by atoms with Crippen LogP contribution in [0.1, 0.15) is 6.99 Å². The van der Waals surface area contributed by atoms with Crippen molar-refractivity contribution in [2.24, 2.45) is 0 Å². The van der Waals surface area contributed by atoms with Gasteiger partial charge in [0.2, 0.25) is 9.04 Å². The van der Waals surface area contributed by atoms with Crippen LogP contribution in [0.4, 0.5) is 5.69 Å². The Balaban J connectivity index is 0.00000144. The molecule has 1 aromatic rings. The third-order valence-electron chi connectivity index (χ3n) is 1.51. The van der Waals surface area contributed by atoms with E-state index in [9.17, 15) is 0 Å². The Kier molecular flexibility index (Phi) is 3.31. The highest BCUT2D eigenvalue weighted by Gasteiger charge is 1.98. The van der Waals surface area contributed by atoms with Crippen LogP contribution >= 0.6 is 0 Å². The van der Waals surface area contributed by atoms with Crippen molar-refractivity contribution in [3.8, 4) is 0 Å². The largest absolute Gasteiger partial charge is 1.00 e. The van der Waals surface area contributed by atoms with Crippen molar-refractivity contribution >= 4 is 14.7 Å². The average Bonchev–Trinajstić information content (AvgIpc) is 2.03. The monoisotopic (exact) mass is 181 g/mol. The van der Waals surface area contributed by atoms with Gasteiger partial charge < -0.3 is 4.53 Å². The van der Waals surface area contributed by atoms with E-state index in [4.69, 9.17) is 4.53 Å². The maximum atomic E-state index is 5.36. The molecule has 0 atom stereocenters. The van der Waals surface area contributed by atoms with Gasteiger partial charge >= 0.3 is 1.43 Å². The summed E-state index contributed by atoms with van der Waals surface area (Å²) in [4.78, 5) is 0. The minimum absolute atomic E-state index is 0. The van der Waals surface area contributed by atoms with Crippen LogP contribution in [0.2, 0.25) is 13.1 Å². The predicted octanol–water partition coefficient (Wildman–Crippen LogP) is 2.70. The van der Waals surface area contributed by atoms with Gasteiger partial charge in [-0.15, -0.1) is 0 Å². The maximum absolute atomic E-state index is 5.36. The molecule has 0 saturated heterocycles. The number of para-hydroxylation sites is 1. The van der Waals surface area contributed by atoms with Crippen LogP contribution in [-0.2, 0) is 4.53 Å². The van der Waals surface area contributed by atoms with Crippen LogP contribution in [0.15, 0.2) is 24.3 Å². The molecule has 0 heterocycles. The first kappa shape index (κ1) is 9.29. The molecule has 0 aromatic heterocycles. The Bertz CT molecular complexity index is 255. The number of aryl methyl sites for hydroxylation is 1. The van der Waals surface area contributed by atoms with Crippen molar-refractivity contribution in [1.82, 2.24) is 0 Å². The number of hydrogen-bond donors (Lipinski definition) is 1. The van der Waals surface area contributed by atoms with Crippen LogP contribution < -0.4 is 5.48 Å². The Hall–Kier alpha value is -0.803. The molecule has 0 saturated carbocycles. The van der Waals surface area contributed by atoms with Crippen LogP contribution in [0.5, 0.6) is 0 Å². The maximum Gasteiger partial charge on any atom is 1.00 e. The number of anilines is 1. The van der Waals surface area contributed by atoms with E-state index in [2.05, 4.69) is 31.6 Å². The topological polar surface area (TPSA) is 21.3 Å². The molecule has 0 aliphatic rings. The molecule has 2 nitrogen and oxygen atoms in total. The number of hydrogen-bond acceptors (Lipinski definition) is 2. The third-order valence-corrected chi connectivity index (χ3v) is 2.02. The standard InChI is InChI=1S/C9H14NOSi/c1-8-6-4-5-7-9(8)10-11-12(2)3/h4-7,10H,1-3H3/p+1. The first-order valence-corrected chi connectivity index (χ1v) is 6.39. The number of benzene rings is 1. The lowest BCUT2D eigenvalue weighted by atomic mass is 10.2. The zero-order chi connectivity index (χ0) is 8.97. The highest BCUT2D eigenvalue weighted by Crippen LogP contribution is 2.12. The molecular weight excluding hydrogens is 166 g/mol.